The van der Waals surface area contributed by atoms with Crippen molar-refractivity contribution in [1.82, 2.24) is 0 Å². The summed E-state index contributed by atoms with van der Waals surface area (Å²) in [5.41, 5.74) is 5.34. The van der Waals surface area contributed by atoms with Crippen LogP contribution in [0.5, 0.6) is 0 Å². The molecule has 0 saturated heterocycles. The van der Waals surface area contributed by atoms with Gasteiger partial charge in [-0.25, -0.2) is 4.57 Å². The lowest BCUT2D eigenvalue weighted by Crippen LogP contribution is -2.29. The molecule has 0 aromatic rings. The first-order chi connectivity index (χ1) is 24.8. The van der Waals surface area contributed by atoms with Gasteiger partial charge in [-0.05, 0) is 38.5 Å². The van der Waals surface area contributed by atoms with Crippen molar-refractivity contribution in [1.29, 1.82) is 0 Å². The molecule has 0 spiro atoms. The fourth-order valence-electron chi connectivity index (χ4n) is 5.98. The summed E-state index contributed by atoms with van der Waals surface area (Å²) >= 11 is 0. The van der Waals surface area contributed by atoms with Gasteiger partial charge in [-0.3, -0.25) is 18.6 Å². The van der Waals surface area contributed by atoms with Gasteiger partial charge in [0.05, 0.1) is 13.2 Å². The molecule has 1 unspecified atom stereocenters. The molecule has 9 nitrogen and oxygen atoms in total. The second kappa shape index (κ2) is 38.5. The first-order valence-electron chi connectivity index (χ1n) is 21.2. The van der Waals surface area contributed by atoms with Crippen molar-refractivity contribution in [2.75, 3.05) is 26.4 Å². The molecule has 0 rings (SSSR count). The Morgan fingerprint density at radius 1 is 0.569 bits per heavy atom. The smallest absolute Gasteiger partial charge is 0.462 e. The lowest BCUT2D eigenvalue weighted by molar-refractivity contribution is -0.161. The Morgan fingerprint density at radius 2 is 0.961 bits per heavy atom. The van der Waals surface area contributed by atoms with E-state index in [-0.39, 0.29) is 38.6 Å². The van der Waals surface area contributed by atoms with E-state index in [0.29, 0.717) is 6.42 Å². The van der Waals surface area contributed by atoms with Crippen LogP contribution in [0.2, 0.25) is 0 Å². The zero-order valence-electron chi connectivity index (χ0n) is 33.1. The van der Waals surface area contributed by atoms with Gasteiger partial charge in [0, 0.05) is 19.4 Å². The maximum atomic E-state index is 12.6. The molecule has 302 valence electrons. The van der Waals surface area contributed by atoms with Crippen LogP contribution in [0.1, 0.15) is 206 Å². The monoisotopic (exact) mass is 746 g/mol. The molecule has 0 fully saturated rings. The van der Waals surface area contributed by atoms with Crippen molar-refractivity contribution in [3.63, 3.8) is 0 Å². The number of nitrogens with two attached hydrogens (primary N) is 1. The molecule has 0 bridgehead atoms. The largest absolute Gasteiger partial charge is 0.472 e. The van der Waals surface area contributed by atoms with Gasteiger partial charge in [0.15, 0.2) is 6.10 Å². The number of phosphoric acid groups is 1. The number of allylic oxidation sites excluding steroid dienone is 2. The normalized spacial score (nSPS) is 13.4. The van der Waals surface area contributed by atoms with Crippen LogP contribution in [0.3, 0.4) is 0 Å². The summed E-state index contributed by atoms with van der Waals surface area (Å²) in [5.74, 6) is -0.829. The van der Waals surface area contributed by atoms with Crippen LogP contribution in [0.25, 0.3) is 0 Å². The Bertz CT molecular complexity index is 856. The highest BCUT2D eigenvalue weighted by atomic mass is 31.2. The standard InChI is InChI=1S/C41H80NO8P/c1-3-5-7-9-11-13-15-17-19-21-23-25-27-29-31-33-40(43)47-37-39(38-49-51(45,46)48-36-35-42)50-41(44)34-32-30-28-26-24-22-20-18-16-14-12-10-8-6-4-2/h17,19,39H,3-16,18,20-38,42H2,1-2H3,(H,45,46)/t39-/m1/s1. The van der Waals surface area contributed by atoms with Crippen molar-refractivity contribution >= 4 is 19.8 Å². The molecule has 0 amide bonds. The predicted octanol–water partition coefficient (Wildman–Crippen LogP) is 11.8. The van der Waals surface area contributed by atoms with Gasteiger partial charge in [-0.1, -0.05) is 167 Å². The number of hydrogen-bond donors (Lipinski definition) is 2. The van der Waals surface area contributed by atoms with Crippen LogP contribution in [0.4, 0.5) is 0 Å². The van der Waals surface area contributed by atoms with E-state index in [1.54, 1.807) is 0 Å². The molecule has 0 aliphatic heterocycles. The van der Waals surface area contributed by atoms with Crippen LogP contribution in [0, 0.1) is 0 Å². The average Bonchev–Trinajstić information content (AvgIpc) is 3.11. The van der Waals surface area contributed by atoms with Crippen molar-refractivity contribution < 1.29 is 37.6 Å². The SMILES string of the molecule is CCCCCCCCC=CCCCCCCCC(=O)OC[C@H](COP(=O)(O)OCCN)OC(=O)CCCCCCCCCCCCCCCCC. The number of phosphoric ester groups is 1. The van der Waals surface area contributed by atoms with Crippen molar-refractivity contribution in [3.05, 3.63) is 12.2 Å². The van der Waals surface area contributed by atoms with Gasteiger partial charge in [0.1, 0.15) is 6.61 Å². The molecule has 0 radical (unpaired) electrons. The van der Waals surface area contributed by atoms with Crippen molar-refractivity contribution in [3.8, 4) is 0 Å². The summed E-state index contributed by atoms with van der Waals surface area (Å²) in [5, 5.41) is 0. The topological polar surface area (TPSA) is 134 Å². The van der Waals surface area contributed by atoms with Crippen LogP contribution < -0.4 is 5.73 Å². The minimum Gasteiger partial charge on any atom is -0.462 e. The molecule has 0 aromatic heterocycles. The summed E-state index contributed by atoms with van der Waals surface area (Å²) in [6.07, 6.45) is 38.1. The second-order valence-corrected chi connectivity index (χ2v) is 15.7. The Balaban J connectivity index is 4.15. The van der Waals surface area contributed by atoms with E-state index in [9.17, 15) is 19.0 Å². The van der Waals surface area contributed by atoms with E-state index in [4.69, 9.17) is 24.3 Å². The Hall–Kier alpha value is -1.25. The lowest BCUT2D eigenvalue weighted by atomic mass is 10.0. The zero-order valence-corrected chi connectivity index (χ0v) is 34.0. The lowest BCUT2D eigenvalue weighted by Gasteiger charge is -2.19. The van der Waals surface area contributed by atoms with E-state index < -0.39 is 26.5 Å². The minimum atomic E-state index is -4.37. The summed E-state index contributed by atoms with van der Waals surface area (Å²) in [7, 11) is -4.37. The third-order valence-electron chi connectivity index (χ3n) is 9.15. The molecule has 0 saturated carbocycles. The summed E-state index contributed by atoms with van der Waals surface area (Å²) in [4.78, 5) is 34.8. The van der Waals surface area contributed by atoms with E-state index >= 15 is 0 Å². The molecule has 10 heteroatoms. The van der Waals surface area contributed by atoms with E-state index in [0.717, 1.165) is 51.4 Å². The third-order valence-corrected chi connectivity index (χ3v) is 10.1. The highest BCUT2D eigenvalue weighted by molar-refractivity contribution is 7.47. The number of ether oxygens (including phenoxy) is 2. The molecule has 0 aliphatic carbocycles. The Labute approximate surface area is 313 Å². The quantitative estimate of drug-likeness (QED) is 0.0272. The van der Waals surface area contributed by atoms with Gasteiger partial charge in [0.25, 0.3) is 0 Å². The first kappa shape index (κ1) is 49.8. The van der Waals surface area contributed by atoms with Gasteiger partial charge in [-0.15, -0.1) is 0 Å². The van der Waals surface area contributed by atoms with Gasteiger partial charge in [-0.2, -0.15) is 0 Å². The highest BCUT2D eigenvalue weighted by Gasteiger charge is 2.26. The van der Waals surface area contributed by atoms with Crippen molar-refractivity contribution in [2.45, 2.75) is 213 Å². The van der Waals surface area contributed by atoms with Gasteiger partial charge < -0.3 is 20.1 Å². The Morgan fingerprint density at radius 3 is 1.39 bits per heavy atom. The average molecular weight is 746 g/mol. The van der Waals surface area contributed by atoms with Crippen LogP contribution in [0.15, 0.2) is 12.2 Å². The maximum Gasteiger partial charge on any atom is 0.472 e. The zero-order chi connectivity index (χ0) is 37.5. The van der Waals surface area contributed by atoms with Crippen LogP contribution in [-0.2, 0) is 32.7 Å². The van der Waals surface area contributed by atoms with E-state index in [1.807, 2.05) is 0 Å². The predicted molar refractivity (Wildman–Crippen MR) is 211 cm³/mol. The molecule has 3 N–H and O–H groups in total. The van der Waals surface area contributed by atoms with E-state index in [1.165, 1.54) is 122 Å². The molecule has 2 atom stereocenters. The number of rotatable bonds is 40. The number of esters is 2. The second-order valence-electron chi connectivity index (χ2n) is 14.2. The number of carbonyl (C=O) groups is 2. The summed E-state index contributed by atoms with van der Waals surface area (Å²) in [6, 6.07) is 0. The molecule has 51 heavy (non-hydrogen) atoms. The first-order valence-corrected chi connectivity index (χ1v) is 22.7. The van der Waals surface area contributed by atoms with Crippen molar-refractivity contribution in [2.24, 2.45) is 5.73 Å². The molecular formula is C41H80NO8P. The fourth-order valence-corrected chi connectivity index (χ4v) is 6.75. The van der Waals surface area contributed by atoms with Crippen LogP contribution >= 0.6 is 7.82 Å². The third kappa shape index (κ3) is 38.3. The molecule has 0 aliphatic rings. The Kier molecular flexibility index (Phi) is 37.5. The number of unbranched alkanes of at least 4 members (excludes halogenated alkanes) is 25. The minimum absolute atomic E-state index is 0.0551. The van der Waals surface area contributed by atoms with E-state index in [2.05, 4.69) is 26.0 Å². The fraction of sp³-hybridized carbons (Fsp3) is 0.902. The highest BCUT2D eigenvalue weighted by Crippen LogP contribution is 2.43. The summed E-state index contributed by atoms with van der Waals surface area (Å²) in [6.45, 7) is 3.74. The number of carbonyl (C=O) groups excluding carboxylic acids is 2. The summed E-state index contributed by atoms with van der Waals surface area (Å²) < 4.78 is 32.7. The number of hydrogen-bond acceptors (Lipinski definition) is 8. The van der Waals surface area contributed by atoms with Gasteiger partial charge >= 0.3 is 19.8 Å². The molecule has 0 heterocycles. The van der Waals surface area contributed by atoms with Crippen LogP contribution in [-0.4, -0.2) is 49.3 Å². The van der Waals surface area contributed by atoms with Gasteiger partial charge in [0.2, 0.25) is 0 Å². The molecular weight excluding hydrogens is 665 g/mol. The molecule has 0 aromatic carbocycles. The maximum absolute atomic E-state index is 12.6.